The maximum Gasteiger partial charge on any atom is 0.240 e. The molecule has 2 rings (SSSR count). The van der Waals surface area contributed by atoms with Crippen LogP contribution in [0.5, 0.6) is 0 Å². The summed E-state index contributed by atoms with van der Waals surface area (Å²) in [6.07, 6.45) is 2.12. The molecule has 0 bridgehead atoms. The van der Waals surface area contributed by atoms with Crippen molar-refractivity contribution >= 4 is 5.91 Å². The number of carbonyl (C=O) groups is 1. The summed E-state index contributed by atoms with van der Waals surface area (Å²) in [5.41, 5.74) is 0. The van der Waals surface area contributed by atoms with Gasteiger partial charge in [-0.25, -0.2) is 0 Å². The van der Waals surface area contributed by atoms with Gasteiger partial charge in [0.1, 0.15) is 0 Å². The molecule has 2 aliphatic rings. The number of rotatable bonds is 5. The molecule has 0 spiro atoms. The summed E-state index contributed by atoms with van der Waals surface area (Å²) >= 11 is 0. The zero-order valence-electron chi connectivity index (χ0n) is 13.8. The van der Waals surface area contributed by atoms with Gasteiger partial charge in [0, 0.05) is 38.8 Å². The lowest BCUT2D eigenvalue weighted by Crippen LogP contribution is -2.59. The van der Waals surface area contributed by atoms with Crippen LogP contribution in [0.4, 0.5) is 0 Å². The van der Waals surface area contributed by atoms with Gasteiger partial charge in [0.15, 0.2) is 0 Å². The lowest BCUT2D eigenvalue weighted by molar-refractivity contribution is -0.142. The smallest absolute Gasteiger partial charge is 0.240 e. The molecule has 122 valence electrons. The molecular weight excluding hydrogens is 266 g/mol. The van der Waals surface area contributed by atoms with Crippen LogP contribution in [0.2, 0.25) is 0 Å². The molecule has 5 nitrogen and oxygen atoms in total. The minimum atomic E-state index is 0.0363. The van der Waals surface area contributed by atoms with Crippen LogP contribution < -0.4 is 5.32 Å². The number of hydrogen-bond acceptors (Lipinski definition) is 4. The fourth-order valence-electron chi connectivity index (χ4n) is 3.57. The average molecular weight is 297 g/mol. The highest BCUT2D eigenvalue weighted by atomic mass is 16.5. The van der Waals surface area contributed by atoms with Gasteiger partial charge in [-0.15, -0.1) is 0 Å². The zero-order chi connectivity index (χ0) is 15.2. The molecule has 0 saturated carbocycles. The Bertz CT molecular complexity index is 327. The summed E-state index contributed by atoms with van der Waals surface area (Å²) in [6.45, 7) is 12.4. The SMILES string of the molecule is CCC(CC)C(C(=O)N1CCNC(C)C1)N1CCOCC1. The highest BCUT2D eigenvalue weighted by molar-refractivity contribution is 5.82. The lowest BCUT2D eigenvalue weighted by atomic mass is 9.91. The maximum absolute atomic E-state index is 13.1. The van der Waals surface area contributed by atoms with E-state index in [0.717, 1.165) is 58.8 Å². The van der Waals surface area contributed by atoms with Crippen molar-refractivity contribution < 1.29 is 9.53 Å². The van der Waals surface area contributed by atoms with Crippen LogP contribution in [-0.4, -0.2) is 73.7 Å². The van der Waals surface area contributed by atoms with Crippen LogP contribution in [0.15, 0.2) is 0 Å². The summed E-state index contributed by atoms with van der Waals surface area (Å²) in [7, 11) is 0. The van der Waals surface area contributed by atoms with Crippen molar-refractivity contribution in [3.63, 3.8) is 0 Å². The maximum atomic E-state index is 13.1. The average Bonchev–Trinajstić information content (AvgIpc) is 2.52. The Morgan fingerprint density at radius 3 is 2.48 bits per heavy atom. The summed E-state index contributed by atoms with van der Waals surface area (Å²) in [4.78, 5) is 17.5. The van der Waals surface area contributed by atoms with Crippen molar-refractivity contribution in [1.29, 1.82) is 0 Å². The highest BCUT2D eigenvalue weighted by Gasteiger charge is 2.36. The summed E-state index contributed by atoms with van der Waals surface area (Å²) in [6, 6.07) is 0.434. The van der Waals surface area contributed by atoms with Crippen LogP contribution >= 0.6 is 0 Å². The van der Waals surface area contributed by atoms with Crippen LogP contribution in [0.1, 0.15) is 33.6 Å². The highest BCUT2D eigenvalue weighted by Crippen LogP contribution is 2.22. The van der Waals surface area contributed by atoms with E-state index < -0.39 is 0 Å². The van der Waals surface area contributed by atoms with Gasteiger partial charge in [0.2, 0.25) is 5.91 Å². The number of piperazine rings is 1. The Labute approximate surface area is 129 Å². The van der Waals surface area contributed by atoms with Gasteiger partial charge in [-0.3, -0.25) is 9.69 Å². The predicted molar refractivity (Wildman–Crippen MR) is 84.3 cm³/mol. The van der Waals surface area contributed by atoms with Crippen molar-refractivity contribution in [3.05, 3.63) is 0 Å². The molecule has 2 atom stereocenters. The lowest BCUT2D eigenvalue weighted by Gasteiger charge is -2.42. The van der Waals surface area contributed by atoms with E-state index in [4.69, 9.17) is 4.74 Å². The minimum Gasteiger partial charge on any atom is -0.379 e. The van der Waals surface area contributed by atoms with E-state index in [2.05, 4.69) is 35.9 Å². The zero-order valence-corrected chi connectivity index (χ0v) is 13.8. The Morgan fingerprint density at radius 1 is 1.24 bits per heavy atom. The quantitative estimate of drug-likeness (QED) is 0.820. The van der Waals surface area contributed by atoms with E-state index in [1.165, 1.54) is 0 Å². The fraction of sp³-hybridized carbons (Fsp3) is 0.938. The molecule has 2 saturated heterocycles. The van der Waals surface area contributed by atoms with Crippen molar-refractivity contribution in [3.8, 4) is 0 Å². The van der Waals surface area contributed by atoms with E-state index in [9.17, 15) is 4.79 Å². The first-order valence-electron chi connectivity index (χ1n) is 8.51. The Hall–Kier alpha value is -0.650. The van der Waals surface area contributed by atoms with Crippen LogP contribution in [0, 0.1) is 5.92 Å². The normalized spacial score (nSPS) is 26.1. The van der Waals surface area contributed by atoms with Crippen LogP contribution in [-0.2, 0) is 9.53 Å². The second kappa shape index (κ2) is 8.11. The van der Waals surface area contributed by atoms with Crippen molar-refractivity contribution in [2.24, 2.45) is 5.92 Å². The molecule has 2 fully saturated rings. The molecule has 0 aromatic carbocycles. The summed E-state index contributed by atoms with van der Waals surface area (Å²) < 4.78 is 5.46. The Morgan fingerprint density at radius 2 is 1.90 bits per heavy atom. The van der Waals surface area contributed by atoms with Crippen molar-refractivity contribution in [1.82, 2.24) is 15.1 Å². The van der Waals surface area contributed by atoms with Gasteiger partial charge in [0.25, 0.3) is 0 Å². The number of carbonyl (C=O) groups excluding carboxylic acids is 1. The number of morpholine rings is 1. The van der Waals surface area contributed by atoms with E-state index in [1.807, 2.05) is 0 Å². The molecule has 21 heavy (non-hydrogen) atoms. The van der Waals surface area contributed by atoms with Gasteiger partial charge in [-0.1, -0.05) is 26.7 Å². The second-order valence-corrected chi connectivity index (χ2v) is 6.31. The number of nitrogens with zero attached hydrogens (tertiary/aromatic N) is 2. The van der Waals surface area contributed by atoms with Gasteiger partial charge in [0.05, 0.1) is 19.3 Å². The molecule has 0 radical (unpaired) electrons. The van der Waals surface area contributed by atoms with E-state index >= 15 is 0 Å². The third kappa shape index (κ3) is 4.18. The number of nitrogens with one attached hydrogen (secondary N) is 1. The molecule has 0 aliphatic carbocycles. The summed E-state index contributed by atoms with van der Waals surface area (Å²) in [5, 5.41) is 3.41. The first-order chi connectivity index (χ1) is 10.2. The van der Waals surface area contributed by atoms with Crippen LogP contribution in [0.25, 0.3) is 0 Å². The minimum absolute atomic E-state index is 0.0363. The van der Waals surface area contributed by atoms with E-state index in [0.29, 0.717) is 17.9 Å². The Kier molecular flexibility index (Phi) is 6.45. The third-order valence-corrected chi connectivity index (χ3v) is 4.87. The largest absolute Gasteiger partial charge is 0.379 e. The second-order valence-electron chi connectivity index (χ2n) is 6.31. The number of ether oxygens (including phenoxy) is 1. The molecule has 1 amide bonds. The first-order valence-corrected chi connectivity index (χ1v) is 8.51. The first kappa shape index (κ1) is 16.7. The molecule has 2 heterocycles. The summed E-state index contributed by atoms with van der Waals surface area (Å²) in [5.74, 6) is 0.778. The topological polar surface area (TPSA) is 44.8 Å². The standard InChI is InChI=1S/C16H31N3O2/c1-4-14(5-2)15(18-8-10-21-11-9-18)16(20)19-7-6-17-13(3)12-19/h13-15,17H,4-12H2,1-3H3. The van der Waals surface area contributed by atoms with Gasteiger partial charge in [-0.2, -0.15) is 0 Å². The van der Waals surface area contributed by atoms with Gasteiger partial charge >= 0.3 is 0 Å². The molecule has 2 unspecified atom stereocenters. The van der Waals surface area contributed by atoms with Crippen molar-refractivity contribution in [2.45, 2.75) is 45.7 Å². The van der Waals surface area contributed by atoms with E-state index in [-0.39, 0.29) is 6.04 Å². The van der Waals surface area contributed by atoms with Gasteiger partial charge in [-0.05, 0) is 12.8 Å². The fourth-order valence-corrected chi connectivity index (χ4v) is 3.57. The molecular formula is C16H31N3O2. The van der Waals surface area contributed by atoms with Crippen LogP contribution in [0.3, 0.4) is 0 Å². The van der Waals surface area contributed by atoms with E-state index in [1.54, 1.807) is 0 Å². The molecule has 1 N–H and O–H groups in total. The molecule has 0 aromatic rings. The number of hydrogen-bond donors (Lipinski definition) is 1. The monoisotopic (exact) mass is 297 g/mol. The van der Waals surface area contributed by atoms with Crippen molar-refractivity contribution in [2.75, 3.05) is 45.9 Å². The van der Waals surface area contributed by atoms with Gasteiger partial charge < -0.3 is 15.0 Å². The Balaban J connectivity index is 2.10. The molecule has 2 aliphatic heterocycles. The molecule has 5 heteroatoms. The molecule has 0 aromatic heterocycles. The third-order valence-electron chi connectivity index (χ3n) is 4.87. The predicted octanol–water partition coefficient (Wildman–Crippen LogP) is 0.944. The number of amides is 1.